The summed E-state index contributed by atoms with van der Waals surface area (Å²) in [4.78, 5) is 16.9. The fourth-order valence-electron chi connectivity index (χ4n) is 3.01. The molecule has 0 radical (unpaired) electrons. The maximum atomic E-state index is 12.6. The predicted molar refractivity (Wildman–Crippen MR) is 110 cm³/mol. The molecule has 0 N–H and O–H groups in total. The van der Waals surface area contributed by atoms with Crippen LogP contribution in [-0.2, 0) is 6.42 Å². The number of aryl methyl sites for hydroxylation is 1. The highest BCUT2D eigenvalue weighted by Crippen LogP contribution is 2.34. The van der Waals surface area contributed by atoms with Crippen LogP contribution in [0.1, 0.15) is 29.4 Å². The minimum Gasteiger partial charge on any atom is -0.493 e. The Morgan fingerprint density at radius 3 is 2.55 bits per heavy atom. The second-order valence-electron chi connectivity index (χ2n) is 6.74. The Bertz CT molecular complexity index is 1070. The number of halogens is 4. The smallest absolute Gasteiger partial charge is 0.387 e. The highest BCUT2D eigenvalue weighted by Gasteiger charge is 2.17. The number of para-hydroxylation sites is 1. The first-order valence-corrected chi connectivity index (χ1v) is 10.1. The van der Waals surface area contributed by atoms with Crippen LogP contribution >= 0.6 is 0 Å². The highest BCUT2D eigenvalue weighted by atomic mass is 19.3. The van der Waals surface area contributed by atoms with Crippen LogP contribution in [0.25, 0.3) is 11.5 Å². The van der Waals surface area contributed by atoms with Gasteiger partial charge >= 0.3 is 6.61 Å². The standard InChI is InChI=1S/C23H21F4NO5/c1-2-30-18-6-4-3-5-16(18)17(29)9-8-15-12-32-22(28-15)14-7-10-19(33-23(26)27)20(11-14)31-13-21(24)25/h3-7,10-12,21,23H,2,8-9,13H2,1H3. The summed E-state index contributed by atoms with van der Waals surface area (Å²) >= 11 is 0. The number of alkyl halides is 4. The lowest BCUT2D eigenvalue weighted by atomic mass is 10.0. The molecule has 0 amide bonds. The molecule has 0 fully saturated rings. The van der Waals surface area contributed by atoms with Crippen molar-refractivity contribution in [3.8, 4) is 28.7 Å². The van der Waals surface area contributed by atoms with Crippen LogP contribution in [0.4, 0.5) is 17.6 Å². The van der Waals surface area contributed by atoms with E-state index >= 15 is 0 Å². The lowest BCUT2D eigenvalue weighted by Gasteiger charge is -2.12. The van der Waals surface area contributed by atoms with E-state index < -0.39 is 19.6 Å². The van der Waals surface area contributed by atoms with Crippen molar-refractivity contribution in [2.45, 2.75) is 32.8 Å². The average Bonchev–Trinajstić information content (AvgIpc) is 3.26. The fraction of sp³-hybridized carbons (Fsp3) is 0.304. The van der Waals surface area contributed by atoms with Gasteiger partial charge in [0, 0.05) is 18.4 Å². The molecule has 0 saturated heterocycles. The number of hydrogen-bond acceptors (Lipinski definition) is 6. The van der Waals surface area contributed by atoms with Crippen molar-refractivity contribution in [2.75, 3.05) is 13.2 Å². The minimum atomic E-state index is -3.15. The summed E-state index contributed by atoms with van der Waals surface area (Å²) in [5.74, 6) is -0.194. The lowest BCUT2D eigenvalue weighted by Crippen LogP contribution is -2.09. The zero-order valence-corrected chi connectivity index (χ0v) is 17.6. The van der Waals surface area contributed by atoms with Crippen LogP contribution in [0.2, 0.25) is 0 Å². The van der Waals surface area contributed by atoms with Crippen molar-refractivity contribution >= 4 is 5.78 Å². The van der Waals surface area contributed by atoms with Gasteiger partial charge in [0.15, 0.2) is 17.3 Å². The van der Waals surface area contributed by atoms with Crippen molar-refractivity contribution in [1.82, 2.24) is 4.98 Å². The molecule has 1 heterocycles. The Hall–Kier alpha value is -3.56. The van der Waals surface area contributed by atoms with E-state index in [1.165, 1.54) is 18.4 Å². The molecular formula is C23H21F4NO5. The number of nitrogens with zero attached hydrogens (tertiary/aromatic N) is 1. The van der Waals surface area contributed by atoms with E-state index in [0.717, 1.165) is 6.07 Å². The second kappa shape index (κ2) is 11.3. The third-order valence-electron chi connectivity index (χ3n) is 4.42. The Balaban J connectivity index is 1.71. The molecule has 0 aliphatic heterocycles. The van der Waals surface area contributed by atoms with Crippen molar-refractivity contribution in [1.29, 1.82) is 0 Å². The van der Waals surface area contributed by atoms with E-state index in [1.54, 1.807) is 24.3 Å². The van der Waals surface area contributed by atoms with Gasteiger partial charge in [0.05, 0.1) is 17.9 Å². The molecular weight excluding hydrogens is 446 g/mol. The number of benzene rings is 2. The summed E-state index contributed by atoms with van der Waals surface area (Å²) in [5.41, 5.74) is 1.26. The fourth-order valence-corrected chi connectivity index (χ4v) is 3.01. The summed E-state index contributed by atoms with van der Waals surface area (Å²) in [7, 11) is 0. The molecule has 1 aromatic heterocycles. The molecule has 0 aliphatic rings. The molecule has 0 unspecified atom stereocenters. The van der Waals surface area contributed by atoms with Gasteiger partial charge in [-0.05, 0) is 37.3 Å². The van der Waals surface area contributed by atoms with Gasteiger partial charge in [-0.1, -0.05) is 12.1 Å². The zero-order chi connectivity index (χ0) is 23.8. The minimum absolute atomic E-state index is 0.109. The van der Waals surface area contributed by atoms with Crippen LogP contribution in [0.5, 0.6) is 17.2 Å². The van der Waals surface area contributed by atoms with Gasteiger partial charge < -0.3 is 18.6 Å². The molecule has 0 aliphatic carbocycles. The van der Waals surface area contributed by atoms with E-state index in [9.17, 15) is 22.4 Å². The van der Waals surface area contributed by atoms with E-state index in [0.29, 0.717) is 29.2 Å². The Morgan fingerprint density at radius 1 is 1.03 bits per heavy atom. The topological polar surface area (TPSA) is 70.8 Å². The quantitative estimate of drug-likeness (QED) is 0.248. The maximum absolute atomic E-state index is 12.6. The van der Waals surface area contributed by atoms with Crippen molar-refractivity contribution < 1.29 is 41.0 Å². The monoisotopic (exact) mass is 467 g/mol. The molecule has 0 atom stereocenters. The third-order valence-corrected chi connectivity index (χ3v) is 4.42. The zero-order valence-electron chi connectivity index (χ0n) is 17.6. The summed E-state index contributed by atoms with van der Waals surface area (Å²) in [6, 6.07) is 10.7. The number of ether oxygens (including phenoxy) is 3. The second-order valence-corrected chi connectivity index (χ2v) is 6.74. The SMILES string of the molecule is CCOc1ccccc1C(=O)CCc1coc(-c2ccc(OC(F)F)c(OCC(F)F)c2)n1. The Morgan fingerprint density at radius 2 is 1.82 bits per heavy atom. The largest absolute Gasteiger partial charge is 0.493 e. The number of hydrogen-bond donors (Lipinski definition) is 0. The number of carbonyl (C=O) groups excluding carboxylic acids is 1. The van der Waals surface area contributed by atoms with Gasteiger partial charge in [-0.15, -0.1) is 0 Å². The first kappa shape index (κ1) is 24.1. The summed E-state index contributed by atoms with van der Waals surface area (Å²) in [6.45, 7) is -1.89. The van der Waals surface area contributed by atoms with Crippen LogP contribution in [0.15, 0.2) is 53.1 Å². The van der Waals surface area contributed by atoms with Gasteiger partial charge in [-0.2, -0.15) is 8.78 Å². The molecule has 2 aromatic carbocycles. The first-order chi connectivity index (χ1) is 15.9. The Labute approximate surface area is 187 Å². The van der Waals surface area contributed by atoms with Gasteiger partial charge in [0.25, 0.3) is 6.43 Å². The number of rotatable bonds is 12. The van der Waals surface area contributed by atoms with Crippen LogP contribution in [0, 0.1) is 0 Å². The molecule has 33 heavy (non-hydrogen) atoms. The summed E-state index contributed by atoms with van der Waals surface area (Å²) < 4.78 is 70.2. The van der Waals surface area contributed by atoms with Crippen LogP contribution < -0.4 is 14.2 Å². The molecule has 10 heteroatoms. The molecule has 6 nitrogen and oxygen atoms in total. The molecule has 3 rings (SSSR count). The van der Waals surface area contributed by atoms with Gasteiger partial charge in [-0.3, -0.25) is 4.79 Å². The van der Waals surface area contributed by atoms with Gasteiger partial charge in [-0.25, -0.2) is 13.8 Å². The van der Waals surface area contributed by atoms with E-state index in [1.807, 2.05) is 6.92 Å². The molecule has 0 spiro atoms. The van der Waals surface area contributed by atoms with Crippen molar-refractivity contribution in [3.63, 3.8) is 0 Å². The third kappa shape index (κ3) is 6.71. The van der Waals surface area contributed by atoms with Crippen LogP contribution in [-0.4, -0.2) is 37.0 Å². The van der Waals surface area contributed by atoms with Gasteiger partial charge in [0.1, 0.15) is 18.6 Å². The lowest BCUT2D eigenvalue weighted by molar-refractivity contribution is -0.0520. The first-order valence-electron chi connectivity index (χ1n) is 10.1. The van der Waals surface area contributed by atoms with Crippen molar-refractivity contribution in [2.24, 2.45) is 0 Å². The van der Waals surface area contributed by atoms with E-state index in [-0.39, 0.29) is 36.0 Å². The average molecular weight is 467 g/mol. The normalized spacial score (nSPS) is 11.1. The number of ketones is 1. The molecule has 176 valence electrons. The molecule has 3 aromatic rings. The number of carbonyl (C=O) groups is 1. The van der Waals surface area contributed by atoms with Crippen LogP contribution in [0.3, 0.4) is 0 Å². The predicted octanol–water partition coefficient (Wildman–Crippen LogP) is 5.80. The summed E-state index contributed by atoms with van der Waals surface area (Å²) in [6.07, 6.45) is -1.00. The molecule has 0 bridgehead atoms. The molecule has 0 saturated carbocycles. The highest BCUT2D eigenvalue weighted by molar-refractivity contribution is 5.98. The van der Waals surface area contributed by atoms with Crippen molar-refractivity contribution in [3.05, 3.63) is 60.0 Å². The van der Waals surface area contributed by atoms with E-state index in [2.05, 4.69) is 9.72 Å². The Kier molecular flexibility index (Phi) is 8.28. The number of oxazole rings is 1. The number of aromatic nitrogens is 1. The maximum Gasteiger partial charge on any atom is 0.387 e. The van der Waals surface area contributed by atoms with E-state index in [4.69, 9.17) is 13.9 Å². The van der Waals surface area contributed by atoms with Gasteiger partial charge in [0.2, 0.25) is 5.89 Å². The number of Topliss-reactive ketones (excluding diaryl/α,β-unsaturated/α-hetero) is 1. The summed E-state index contributed by atoms with van der Waals surface area (Å²) in [5, 5.41) is 0.